The van der Waals surface area contributed by atoms with Gasteiger partial charge < -0.3 is 15.0 Å². The van der Waals surface area contributed by atoms with Gasteiger partial charge >= 0.3 is 0 Å². The predicted octanol–water partition coefficient (Wildman–Crippen LogP) is 2.53. The first-order valence-corrected chi connectivity index (χ1v) is 11.0. The number of hydrogen-bond acceptors (Lipinski definition) is 5. The highest BCUT2D eigenvalue weighted by Gasteiger charge is 2.27. The van der Waals surface area contributed by atoms with Gasteiger partial charge in [-0.15, -0.1) is 0 Å². The molecular formula is C22H34N4O2. The Morgan fingerprint density at radius 2 is 1.96 bits per heavy atom. The van der Waals surface area contributed by atoms with Gasteiger partial charge in [0, 0.05) is 62.9 Å². The first-order chi connectivity index (χ1) is 13.6. The number of rotatable bonds is 5. The number of ether oxygens (including phenoxy) is 1. The van der Waals surface area contributed by atoms with Gasteiger partial charge in [0.05, 0.1) is 6.61 Å². The predicted molar refractivity (Wildman–Crippen MR) is 111 cm³/mol. The molecule has 0 aromatic carbocycles. The van der Waals surface area contributed by atoms with Crippen LogP contribution < -0.4 is 15.0 Å². The molecule has 6 heteroatoms. The summed E-state index contributed by atoms with van der Waals surface area (Å²) in [5.74, 6) is 3.15. The van der Waals surface area contributed by atoms with Crippen molar-refractivity contribution in [3.8, 4) is 5.75 Å². The Morgan fingerprint density at radius 3 is 2.68 bits per heavy atom. The molecule has 1 aromatic rings. The number of carbonyl (C=O) groups excluding carboxylic acids is 1. The molecule has 0 bridgehead atoms. The summed E-state index contributed by atoms with van der Waals surface area (Å²) < 4.78 is 5.82. The van der Waals surface area contributed by atoms with Crippen molar-refractivity contribution in [2.45, 2.75) is 58.4 Å². The minimum atomic E-state index is 0.113. The fraction of sp³-hybridized carbons (Fsp3) is 0.727. The molecule has 3 aliphatic rings. The fourth-order valence-corrected chi connectivity index (χ4v) is 5.02. The lowest BCUT2D eigenvalue weighted by Gasteiger charge is -2.37. The zero-order valence-corrected chi connectivity index (χ0v) is 17.4. The molecule has 6 nitrogen and oxygen atoms in total. The van der Waals surface area contributed by atoms with Crippen LogP contribution in [0.1, 0.15) is 50.2 Å². The van der Waals surface area contributed by atoms with E-state index in [2.05, 4.69) is 22.0 Å². The standard InChI is InChI=1S/C22H34N4O2/c1-16-15-23-22(20-8-14-28-21(16)20)26-12-10-25(11-13-26)9-7-18-3-5-19(6-4-18)24-17(2)27/h15,18-19H,3-14H2,1-2H3,(H,24,27)/t18-,19-. The summed E-state index contributed by atoms with van der Waals surface area (Å²) >= 11 is 0. The Morgan fingerprint density at radius 1 is 1.21 bits per heavy atom. The maximum atomic E-state index is 11.2. The number of piperazine rings is 1. The molecule has 2 aliphatic heterocycles. The number of hydrogen-bond donors (Lipinski definition) is 1. The number of aromatic nitrogens is 1. The largest absolute Gasteiger partial charge is 0.492 e. The number of anilines is 1. The number of fused-ring (bicyclic) bond motifs is 1. The van der Waals surface area contributed by atoms with Crippen molar-refractivity contribution in [3.05, 3.63) is 17.3 Å². The molecule has 1 amide bonds. The van der Waals surface area contributed by atoms with Crippen molar-refractivity contribution in [2.24, 2.45) is 5.92 Å². The average Bonchev–Trinajstić information content (AvgIpc) is 3.19. The molecule has 1 saturated carbocycles. The molecule has 28 heavy (non-hydrogen) atoms. The van der Waals surface area contributed by atoms with Gasteiger partial charge in [-0.05, 0) is 51.5 Å². The number of amides is 1. The van der Waals surface area contributed by atoms with E-state index < -0.39 is 0 Å². The third kappa shape index (κ3) is 4.43. The van der Waals surface area contributed by atoms with Gasteiger partial charge in [0.2, 0.25) is 5.91 Å². The monoisotopic (exact) mass is 386 g/mol. The van der Waals surface area contributed by atoms with Crippen molar-refractivity contribution < 1.29 is 9.53 Å². The number of nitrogens with zero attached hydrogens (tertiary/aromatic N) is 3. The molecule has 154 valence electrons. The SMILES string of the molecule is CC(=O)N[C@H]1CC[C@H](CCN2CCN(c3ncc(C)c4c3CCO4)CC2)CC1. The molecule has 0 atom stereocenters. The molecule has 0 spiro atoms. The topological polar surface area (TPSA) is 57.7 Å². The quantitative estimate of drug-likeness (QED) is 0.843. The van der Waals surface area contributed by atoms with Crippen LogP contribution in [0.3, 0.4) is 0 Å². The first kappa shape index (κ1) is 19.5. The molecule has 1 aliphatic carbocycles. The molecule has 1 saturated heterocycles. The van der Waals surface area contributed by atoms with Crippen molar-refractivity contribution in [1.29, 1.82) is 0 Å². The fourth-order valence-electron chi connectivity index (χ4n) is 5.02. The summed E-state index contributed by atoms with van der Waals surface area (Å²) in [5, 5.41) is 3.08. The maximum Gasteiger partial charge on any atom is 0.217 e. The summed E-state index contributed by atoms with van der Waals surface area (Å²) in [7, 11) is 0. The molecule has 4 rings (SSSR count). The van der Waals surface area contributed by atoms with Crippen LogP contribution in [0.15, 0.2) is 6.20 Å². The van der Waals surface area contributed by atoms with Crippen molar-refractivity contribution in [1.82, 2.24) is 15.2 Å². The zero-order valence-electron chi connectivity index (χ0n) is 17.4. The van der Waals surface area contributed by atoms with Gasteiger partial charge in [0.15, 0.2) is 0 Å². The minimum Gasteiger partial charge on any atom is -0.492 e. The molecule has 0 radical (unpaired) electrons. The van der Waals surface area contributed by atoms with E-state index in [0.717, 1.165) is 75.1 Å². The van der Waals surface area contributed by atoms with Gasteiger partial charge in [-0.3, -0.25) is 9.69 Å². The van der Waals surface area contributed by atoms with Crippen LogP contribution >= 0.6 is 0 Å². The average molecular weight is 387 g/mol. The summed E-state index contributed by atoms with van der Waals surface area (Å²) in [6, 6.07) is 0.407. The van der Waals surface area contributed by atoms with Gasteiger partial charge in [-0.1, -0.05) is 0 Å². The second-order valence-electron chi connectivity index (χ2n) is 8.71. The zero-order chi connectivity index (χ0) is 19.5. The number of aryl methyl sites for hydroxylation is 1. The third-order valence-electron chi connectivity index (χ3n) is 6.66. The number of nitrogens with one attached hydrogen (secondary N) is 1. The van der Waals surface area contributed by atoms with E-state index in [1.165, 1.54) is 31.4 Å². The third-order valence-corrected chi connectivity index (χ3v) is 6.66. The van der Waals surface area contributed by atoms with E-state index in [1.54, 1.807) is 6.92 Å². The summed E-state index contributed by atoms with van der Waals surface area (Å²) in [4.78, 5) is 21.0. The second kappa shape index (κ2) is 8.68. The van der Waals surface area contributed by atoms with Crippen LogP contribution in [0.25, 0.3) is 0 Å². The Hall–Kier alpha value is -1.82. The minimum absolute atomic E-state index is 0.113. The molecule has 1 N–H and O–H groups in total. The lowest BCUT2D eigenvalue weighted by atomic mass is 9.84. The number of pyridine rings is 1. The normalized spacial score (nSPS) is 25.3. The maximum absolute atomic E-state index is 11.2. The van der Waals surface area contributed by atoms with Gasteiger partial charge in [-0.2, -0.15) is 0 Å². The second-order valence-corrected chi connectivity index (χ2v) is 8.71. The Kier molecular flexibility index (Phi) is 6.04. The van der Waals surface area contributed by atoms with Crippen LogP contribution in [0.2, 0.25) is 0 Å². The van der Waals surface area contributed by atoms with Gasteiger partial charge in [0.1, 0.15) is 11.6 Å². The Balaban J connectivity index is 1.22. The van der Waals surface area contributed by atoms with Crippen molar-refractivity contribution in [3.63, 3.8) is 0 Å². The van der Waals surface area contributed by atoms with Crippen LogP contribution in [-0.4, -0.2) is 61.2 Å². The van der Waals surface area contributed by atoms with Crippen LogP contribution in [0, 0.1) is 12.8 Å². The molecule has 2 fully saturated rings. The highest BCUT2D eigenvalue weighted by molar-refractivity contribution is 5.73. The van der Waals surface area contributed by atoms with E-state index in [4.69, 9.17) is 9.72 Å². The lowest BCUT2D eigenvalue weighted by molar-refractivity contribution is -0.119. The van der Waals surface area contributed by atoms with Crippen LogP contribution in [0.5, 0.6) is 5.75 Å². The summed E-state index contributed by atoms with van der Waals surface area (Å²) in [6.45, 7) is 10.0. The summed E-state index contributed by atoms with van der Waals surface area (Å²) in [5.41, 5.74) is 2.47. The molecular weight excluding hydrogens is 352 g/mol. The summed E-state index contributed by atoms with van der Waals surface area (Å²) in [6.07, 6.45) is 9.03. The highest BCUT2D eigenvalue weighted by Crippen LogP contribution is 2.35. The molecule has 1 aromatic heterocycles. The van der Waals surface area contributed by atoms with E-state index in [0.29, 0.717) is 6.04 Å². The molecule has 0 unspecified atom stereocenters. The van der Waals surface area contributed by atoms with Gasteiger partial charge in [0.25, 0.3) is 0 Å². The lowest BCUT2D eigenvalue weighted by Crippen LogP contribution is -2.47. The van der Waals surface area contributed by atoms with Gasteiger partial charge in [-0.25, -0.2) is 4.98 Å². The van der Waals surface area contributed by atoms with Crippen molar-refractivity contribution >= 4 is 11.7 Å². The van der Waals surface area contributed by atoms with E-state index in [9.17, 15) is 4.79 Å². The van der Waals surface area contributed by atoms with E-state index >= 15 is 0 Å². The highest BCUT2D eigenvalue weighted by atomic mass is 16.5. The Labute approximate surface area is 168 Å². The first-order valence-electron chi connectivity index (χ1n) is 11.0. The smallest absolute Gasteiger partial charge is 0.217 e. The van der Waals surface area contributed by atoms with E-state index in [-0.39, 0.29) is 5.91 Å². The molecule has 3 heterocycles. The Bertz CT molecular complexity index is 692. The van der Waals surface area contributed by atoms with E-state index in [1.807, 2.05) is 6.20 Å². The van der Waals surface area contributed by atoms with Crippen molar-refractivity contribution in [2.75, 3.05) is 44.2 Å². The van der Waals surface area contributed by atoms with Crippen LogP contribution in [0.4, 0.5) is 5.82 Å². The number of carbonyl (C=O) groups is 1. The van der Waals surface area contributed by atoms with Crippen LogP contribution in [-0.2, 0) is 11.2 Å².